The first-order valence-corrected chi connectivity index (χ1v) is 11.4. The molecule has 1 amide bonds. The van der Waals surface area contributed by atoms with Crippen LogP contribution in [0.4, 0.5) is 14.9 Å². The number of nitrogens with zero attached hydrogens (tertiary/aromatic N) is 1. The van der Waals surface area contributed by atoms with E-state index in [0.717, 1.165) is 18.5 Å². The van der Waals surface area contributed by atoms with Crippen LogP contribution in [-0.4, -0.2) is 54.5 Å². The van der Waals surface area contributed by atoms with Gasteiger partial charge in [0.25, 0.3) is 5.95 Å². The molecular formula is C26H29FN2O6. The zero-order chi connectivity index (χ0) is 24.8. The fraction of sp³-hybridized carbons (Fsp3) is 0.346. The van der Waals surface area contributed by atoms with E-state index in [1.54, 1.807) is 37.3 Å². The van der Waals surface area contributed by atoms with Crippen LogP contribution in [0.25, 0.3) is 0 Å². The maximum Gasteiger partial charge on any atom is 0.419 e. The highest BCUT2D eigenvalue weighted by atomic mass is 19.1. The average molecular weight is 485 g/mol. The summed E-state index contributed by atoms with van der Waals surface area (Å²) in [6.07, 6.45) is 0.781. The Morgan fingerprint density at radius 1 is 1.23 bits per heavy atom. The highest BCUT2D eigenvalue weighted by molar-refractivity contribution is 5.88. The van der Waals surface area contributed by atoms with Crippen molar-refractivity contribution in [3.63, 3.8) is 0 Å². The third-order valence-electron chi connectivity index (χ3n) is 5.62. The van der Waals surface area contributed by atoms with E-state index in [-0.39, 0.29) is 24.5 Å². The molecule has 0 radical (unpaired) electrons. The lowest BCUT2D eigenvalue weighted by molar-refractivity contribution is 0.0722. The molecule has 186 valence electrons. The van der Waals surface area contributed by atoms with Crippen LogP contribution in [-0.2, 0) is 0 Å². The van der Waals surface area contributed by atoms with E-state index in [2.05, 4.69) is 10.2 Å². The van der Waals surface area contributed by atoms with E-state index in [9.17, 15) is 14.3 Å². The predicted octanol–water partition coefficient (Wildman–Crippen LogP) is 4.54. The summed E-state index contributed by atoms with van der Waals surface area (Å²) in [6.45, 7) is 5.57. The third-order valence-corrected chi connectivity index (χ3v) is 5.62. The number of likely N-dealkylation sites (tertiary alicyclic amines) is 1. The summed E-state index contributed by atoms with van der Waals surface area (Å²) in [6, 6.07) is 13.0. The second-order valence-electron chi connectivity index (χ2n) is 8.61. The lowest BCUT2D eigenvalue weighted by atomic mass is 10.2. The molecule has 9 heteroatoms. The molecule has 0 bridgehead atoms. The van der Waals surface area contributed by atoms with Gasteiger partial charge in [-0.1, -0.05) is 6.07 Å². The largest absolute Gasteiger partial charge is 0.489 e. The molecule has 0 saturated carbocycles. The minimum atomic E-state index is -0.745. The maximum absolute atomic E-state index is 13.1. The first kappa shape index (κ1) is 24.6. The number of aliphatic hydroxyl groups excluding tert-OH is 1. The number of amides is 1. The van der Waals surface area contributed by atoms with E-state index in [1.807, 2.05) is 13.0 Å². The van der Waals surface area contributed by atoms with Gasteiger partial charge in [-0.05, 0) is 68.3 Å². The number of aryl methyl sites for hydroxylation is 2. The van der Waals surface area contributed by atoms with Gasteiger partial charge in [-0.2, -0.15) is 0 Å². The van der Waals surface area contributed by atoms with Crippen molar-refractivity contribution < 1.29 is 32.9 Å². The molecule has 4 rings (SSSR count). The van der Waals surface area contributed by atoms with Gasteiger partial charge in [-0.15, -0.1) is 0 Å². The van der Waals surface area contributed by atoms with Crippen molar-refractivity contribution >= 4 is 11.8 Å². The van der Waals surface area contributed by atoms with Gasteiger partial charge in [0, 0.05) is 25.2 Å². The van der Waals surface area contributed by atoms with E-state index >= 15 is 0 Å². The number of halogens is 1. The van der Waals surface area contributed by atoms with Crippen molar-refractivity contribution in [2.24, 2.45) is 0 Å². The fourth-order valence-electron chi connectivity index (χ4n) is 3.84. The van der Waals surface area contributed by atoms with Gasteiger partial charge in [0.2, 0.25) is 0 Å². The van der Waals surface area contributed by atoms with Crippen LogP contribution in [0.1, 0.15) is 17.5 Å². The first-order chi connectivity index (χ1) is 16.9. The van der Waals surface area contributed by atoms with Crippen LogP contribution in [0.15, 0.2) is 59.2 Å². The molecule has 0 spiro atoms. The van der Waals surface area contributed by atoms with E-state index < -0.39 is 12.2 Å². The molecule has 3 aromatic rings. The number of nitrogens with one attached hydrogen (secondary N) is 1. The Balaban J connectivity index is 1.26. The zero-order valence-electron chi connectivity index (χ0n) is 19.7. The van der Waals surface area contributed by atoms with Gasteiger partial charge in [-0.25, -0.2) is 9.18 Å². The third kappa shape index (κ3) is 6.97. The molecule has 35 heavy (non-hydrogen) atoms. The number of rotatable bonds is 9. The Morgan fingerprint density at radius 2 is 2.03 bits per heavy atom. The Morgan fingerprint density at radius 3 is 2.77 bits per heavy atom. The second-order valence-corrected chi connectivity index (χ2v) is 8.61. The Kier molecular flexibility index (Phi) is 7.89. The maximum atomic E-state index is 13.1. The zero-order valence-corrected chi connectivity index (χ0v) is 19.7. The molecule has 2 unspecified atom stereocenters. The molecular weight excluding hydrogens is 455 g/mol. The molecule has 1 fully saturated rings. The first-order valence-electron chi connectivity index (χ1n) is 11.4. The van der Waals surface area contributed by atoms with Gasteiger partial charge in [0.1, 0.15) is 36.1 Å². The highest BCUT2D eigenvalue weighted by Gasteiger charge is 2.26. The number of hydrogen-bond donors (Lipinski definition) is 2. The smallest absolute Gasteiger partial charge is 0.419 e. The van der Waals surface area contributed by atoms with Gasteiger partial charge in [0.15, 0.2) is 0 Å². The topological polar surface area (TPSA) is 93.4 Å². The highest BCUT2D eigenvalue weighted by Crippen LogP contribution is 2.27. The molecule has 1 saturated heterocycles. The minimum Gasteiger partial charge on any atom is -0.489 e. The van der Waals surface area contributed by atoms with Gasteiger partial charge >= 0.3 is 6.09 Å². The molecule has 8 nitrogen and oxygen atoms in total. The predicted molar refractivity (Wildman–Crippen MR) is 128 cm³/mol. The molecule has 2 N–H and O–H groups in total. The number of ether oxygens (including phenoxy) is 3. The Labute approximate surface area is 203 Å². The summed E-state index contributed by atoms with van der Waals surface area (Å²) in [7, 11) is 0. The summed E-state index contributed by atoms with van der Waals surface area (Å²) in [5.74, 6) is 0.878. The Bertz CT molecular complexity index is 1130. The summed E-state index contributed by atoms with van der Waals surface area (Å²) in [5.41, 5.74) is 2.07. The van der Waals surface area contributed by atoms with Crippen molar-refractivity contribution in [3.8, 4) is 17.4 Å². The van der Waals surface area contributed by atoms with Crippen LogP contribution in [0.2, 0.25) is 0 Å². The number of carbonyl (C=O) groups is 1. The summed E-state index contributed by atoms with van der Waals surface area (Å²) >= 11 is 0. The summed E-state index contributed by atoms with van der Waals surface area (Å²) in [5, 5.41) is 13.2. The minimum absolute atomic E-state index is 0.0232. The van der Waals surface area contributed by atoms with Gasteiger partial charge in [-0.3, -0.25) is 10.2 Å². The quantitative estimate of drug-likeness (QED) is 0.461. The molecule has 2 aromatic carbocycles. The number of hydrogen-bond acceptors (Lipinski definition) is 7. The number of carbonyl (C=O) groups excluding carboxylic acids is 1. The number of anilines is 1. The van der Waals surface area contributed by atoms with Crippen molar-refractivity contribution in [2.45, 2.75) is 32.5 Å². The van der Waals surface area contributed by atoms with Crippen molar-refractivity contribution in [2.75, 3.05) is 31.6 Å². The van der Waals surface area contributed by atoms with E-state index in [1.165, 1.54) is 18.4 Å². The second kappa shape index (κ2) is 11.2. The molecule has 2 heterocycles. The monoisotopic (exact) mass is 484 g/mol. The number of benzene rings is 2. The lowest BCUT2D eigenvalue weighted by Gasteiger charge is -2.21. The average Bonchev–Trinajstić information content (AvgIpc) is 3.43. The van der Waals surface area contributed by atoms with Crippen LogP contribution < -0.4 is 19.5 Å². The van der Waals surface area contributed by atoms with Crippen LogP contribution in [0, 0.1) is 19.7 Å². The number of β-amino-alcohol motifs (C(OH)–C–C–N with tert-alkyl or cyclic N) is 1. The number of aliphatic hydroxyl groups is 1. The Hall–Kier alpha value is -3.56. The molecule has 0 aliphatic carbocycles. The van der Waals surface area contributed by atoms with Gasteiger partial charge < -0.3 is 23.7 Å². The van der Waals surface area contributed by atoms with E-state index in [4.69, 9.17) is 18.6 Å². The van der Waals surface area contributed by atoms with Crippen molar-refractivity contribution in [3.05, 3.63) is 71.7 Å². The molecule has 1 aliphatic rings. The summed E-state index contributed by atoms with van der Waals surface area (Å²) < 4.78 is 35.1. The lowest BCUT2D eigenvalue weighted by Crippen LogP contribution is -2.35. The van der Waals surface area contributed by atoms with Crippen molar-refractivity contribution in [1.29, 1.82) is 0 Å². The standard InChI is InChI=1S/C26H29FN2O6/c1-17-3-8-23(28-26(31)35-25-18(2)10-12-32-25)24(13-17)33-16-20(30)14-29-11-9-22(15-29)34-21-6-4-19(27)5-7-21/h3-8,10,12-13,20,22,30H,9,11,14-16H2,1-2H3,(H,28,31). The fourth-order valence-corrected chi connectivity index (χ4v) is 3.84. The summed E-state index contributed by atoms with van der Waals surface area (Å²) in [4.78, 5) is 14.4. The number of furan rings is 1. The normalized spacial score (nSPS) is 16.6. The van der Waals surface area contributed by atoms with Crippen LogP contribution >= 0.6 is 0 Å². The molecule has 1 aromatic heterocycles. The van der Waals surface area contributed by atoms with Crippen LogP contribution in [0.5, 0.6) is 17.4 Å². The SMILES string of the molecule is Cc1ccc(NC(=O)Oc2occc2C)c(OCC(O)CN2CCC(Oc3ccc(F)cc3)C2)c1. The van der Waals surface area contributed by atoms with Crippen LogP contribution in [0.3, 0.4) is 0 Å². The molecule has 2 atom stereocenters. The molecule has 1 aliphatic heterocycles. The van der Waals surface area contributed by atoms with E-state index in [0.29, 0.717) is 35.8 Å². The van der Waals surface area contributed by atoms with Gasteiger partial charge in [0.05, 0.1) is 12.0 Å². The van der Waals surface area contributed by atoms with Crippen molar-refractivity contribution in [1.82, 2.24) is 4.90 Å².